The minimum absolute atomic E-state index is 0.0966. The summed E-state index contributed by atoms with van der Waals surface area (Å²) in [4.78, 5) is 0.220. The predicted molar refractivity (Wildman–Crippen MR) is 72.8 cm³/mol. The van der Waals surface area contributed by atoms with Crippen LogP contribution < -0.4 is 16.0 Å². The number of benzene rings is 1. The Balaban J connectivity index is 2.05. The van der Waals surface area contributed by atoms with Gasteiger partial charge in [0.1, 0.15) is 0 Å². The van der Waals surface area contributed by atoms with Crippen molar-refractivity contribution in [3.63, 3.8) is 0 Å². The lowest BCUT2D eigenvalue weighted by atomic mass is 9.94. The van der Waals surface area contributed by atoms with E-state index in [-0.39, 0.29) is 17.0 Å². The maximum absolute atomic E-state index is 12.2. The molecule has 2 rings (SSSR count). The molecule has 0 radical (unpaired) electrons. The van der Waals surface area contributed by atoms with Gasteiger partial charge in [-0.15, -0.1) is 0 Å². The fourth-order valence-electron chi connectivity index (χ4n) is 2.21. The molecule has 0 spiro atoms. The lowest BCUT2D eigenvalue weighted by Crippen LogP contribution is -2.38. The summed E-state index contributed by atoms with van der Waals surface area (Å²) in [6.07, 6.45) is 2.33. The highest BCUT2D eigenvalue weighted by Crippen LogP contribution is 2.21. The van der Waals surface area contributed by atoms with Crippen molar-refractivity contribution in [2.45, 2.75) is 42.7 Å². The Morgan fingerprint density at radius 1 is 1.11 bits per heavy atom. The predicted octanol–water partition coefficient (Wildman–Crippen LogP) is 0.554. The van der Waals surface area contributed by atoms with E-state index in [2.05, 4.69) is 10.1 Å². The molecule has 1 aromatic rings. The van der Waals surface area contributed by atoms with Gasteiger partial charge in [0.25, 0.3) is 0 Å². The second-order valence-electron chi connectivity index (χ2n) is 4.80. The van der Waals surface area contributed by atoms with Crippen molar-refractivity contribution in [2.75, 3.05) is 5.43 Å². The number of nitrogens with one attached hydrogen (secondary N) is 2. The van der Waals surface area contributed by atoms with Crippen LogP contribution in [0.1, 0.15) is 25.7 Å². The number of hydrogen-bond acceptors (Lipinski definition) is 5. The molecule has 0 saturated heterocycles. The Morgan fingerprint density at radius 2 is 1.68 bits per heavy atom. The van der Waals surface area contributed by atoms with Crippen molar-refractivity contribution in [3.8, 4) is 0 Å². The molecule has 0 aromatic heterocycles. The molecule has 1 aliphatic rings. The summed E-state index contributed by atoms with van der Waals surface area (Å²) in [7, 11) is -3.50. The van der Waals surface area contributed by atoms with E-state index in [0.717, 1.165) is 0 Å². The molecule has 5 N–H and O–H groups in total. The molecule has 19 heavy (non-hydrogen) atoms. The summed E-state index contributed by atoms with van der Waals surface area (Å²) in [6, 6.07) is 6.14. The molecular weight excluding hydrogens is 266 g/mol. The minimum atomic E-state index is -3.50. The maximum atomic E-state index is 12.2. The van der Waals surface area contributed by atoms with Crippen molar-refractivity contribution in [1.82, 2.24) is 4.72 Å². The number of aliphatic hydroxyl groups excluding tert-OH is 1. The van der Waals surface area contributed by atoms with Crippen LogP contribution in [0.2, 0.25) is 0 Å². The molecular formula is C12H19N3O3S. The van der Waals surface area contributed by atoms with Crippen LogP contribution >= 0.6 is 0 Å². The molecule has 1 saturated carbocycles. The molecule has 6 nitrogen and oxygen atoms in total. The van der Waals surface area contributed by atoms with E-state index in [9.17, 15) is 13.5 Å². The Bertz CT molecular complexity index is 508. The number of anilines is 1. The van der Waals surface area contributed by atoms with E-state index >= 15 is 0 Å². The van der Waals surface area contributed by atoms with E-state index in [1.807, 2.05) is 0 Å². The highest BCUT2D eigenvalue weighted by atomic mass is 32.2. The second kappa shape index (κ2) is 5.87. The first-order valence-corrected chi connectivity index (χ1v) is 7.76. The highest BCUT2D eigenvalue weighted by molar-refractivity contribution is 7.89. The van der Waals surface area contributed by atoms with Crippen LogP contribution in [-0.2, 0) is 10.0 Å². The van der Waals surface area contributed by atoms with Crippen LogP contribution in [0.15, 0.2) is 29.2 Å². The summed E-state index contributed by atoms with van der Waals surface area (Å²) >= 11 is 0. The number of aliphatic hydroxyl groups is 1. The quantitative estimate of drug-likeness (QED) is 0.478. The molecule has 0 unspecified atom stereocenters. The Kier molecular flexibility index (Phi) is 4.41. The van der Waals surface area contributed by atoms with Crippen LogP contribution in [0.25, 0.3) is 0 Å². The van der Waals surface area contributed by atoms with E-state index in [1.165, 1.54) is 12.1 Å². The third-order valence-corrected chi connectivity index (χ3v) is 4.89. The molecule has 106 valence electrons. The Hall–Kier alpha value is -1.15. The van der Waals surface area contributed by atoms with Crippen LogP contribution in [0.3, 0.4) is 0 Å². The van der Waals surface area contributed by atoms with Gasteiger partial charge in [-0.25, -0.2) is 13.1 Å². The Morgan fingerprint density at radius 3 is 2.21 bits per heavy atom. The van der Waals surface area contributed by atoms with Crippen molar-refractivity contribution >= 4 is 15.7 Å². The van der Waals surface area contributed by atoms with Crippen LogP contribution in [0.5, 0.6) is 0 Å². The van der Waals surface area contributed by atoms with Crippen LogP contribution in [0.4, 0.5) is 5.69 Å². The largest absolute Gasteiger partial charge is 0.393 e. The van der Waals surface area contributed by atoms with E-state index < -0.39 is 10.0 Å². The first-order valence-electron chi connectivity index (χ1n) is 6.28. The van der Waals surface area contributed by atoms with Gasteiger partial charge in [-0.3, -0.25) is 5.84 Å². The standard InChI is InChI=1S/C12H19N3O3S/c13-14-9-3-7-12(8-4-9)19(17,18)15-10-1-5-11(16)6-2-10/h3-4,7-8,10-11,14-16H,1-2,5-6,13H2. The fourth-order valence-corrected chi connectivity index (χ4v) is 3.52. The van der Waals surface area contributed by atoms with Crippen molar-refractivity contribution in [2.24, 2.45) is 5.84 Å². The molecule has 0 aliphatic heterocycles. The molecule has 0 heterocycles. The van der Waals surface area contributed by atoms with Gasteiger partial charge in [-0.2, -0.15) is 0 Å². The molecule has 0 amide bonds. The number of nitrogen functional groups attached to an aromatic ring is 1. The average Bonchev–Trinajstić information content (AvgIpc) is 2.41. The first-order chi connectivity index (χ1) is 9.01. The van der Waals surface area contributed by atoms with E-state index in [0.29, 0.717) is 31.4 Å². The van der Waals surface area contributed by atoms with Gasteiger partial charge in [0.2, 0.25) is 10.0 Å². The molecule has 1 aliphatic carbocycles. The zero-order valence-electron chi connectivity index (χ0n) is 10.5. The summed E-state index contributed by atoms with van der Waals surface area (Å²) in [5.41, 5.74) is 3.10. The molecule has 1 aromatic carbocycles. The molecule has 7 heteroatoms. The first kappa shape index (κ1) is 14.3. The topological polar surface area (TPSA) is 104 Å². The van der Waals surface area contributed by atoms with E-state index in [4.69, 9.17) is 5.84 Å². The third kappa shape index (κ3) is 3.66. The van der Waals surface area contributed by atoms with Crippen molar-refractivity contribution in [3.05, 3.63) is 24.3 Å². The highest BCUT2D eigenvalue weighted by Gasteiger charge is 2.24. The lowest BCUT2D eigenvalue weighted by Gasteiger charge is -2.25. The smallest absolute Gasteiger partial charge is 0.240 e. The SMILES string of the molecule is NNc1ccc(S(=O)(=O)NC2CCC(O)CC2)cc1. The molecule has 0 atom stereocenters. The number of hydrazine groups is 1. The van der Waals surface area contributed by atoms with Gasteiger partial charge < -0.3 is 10.5 Å². The van der Waals surface area contributed by atoms with Gasteiger partial charge >= 0.3 is 0 Å². The van der Waals surface area contributed by atoms with Crippen LogP contribution in [0, 0.1) is 0 Å². The number of rotatable bonds is 4. The van der Waals surface area contributed by atoms with E-state index in [1.54, 1.807) is 12.1 Å². The zero-order valence-corrected chi connectivity index (χ0v) is 11.4. The summed E-state index contributed by atoms with van der Waals surface area (Å²) in [5.74, 6) is 5.23. The maximum Gasteiger partial charge on any atom is 0.240 e. The normalized spacial score (nSPS) is 24.1. The zero-order chi connectivity index (χ0) is 13.9. The fraction of sp³-hybridized carbons (Fsp3) is 0.500. The monoisotopic (exact) mass is 285 g/mol. The van der Waals surface area contributed by atoms with Crippen LogP contribution in [-0.4, -0.2) is 25.7 Å². The number of hydrogen-bond donors (Lipinski definition) is 4. The molecule has 0 bridgehead atoms. The summed E-state index contributed by atoms with van der Waals surface area (Å²) in [5, 5.41) is 9.40. The third-order valence-electron chi connectivity index (χ3n) is 3.35. The van der Waals surface area contributed by atoms with Gasteiger partial charge in [0.15, 0.2) is 0 Å². The summed E-state index contributed by atoms with van der Waals surface area (Å²) in [6.45, 7) is 0. The van der Waals surface area contributed by atoms with Gasteiger partial charge in [0, 0.05) is 11.7 Å². The average molecular weight is 285 g/mol. The minimum Gasteiger partial charge on any atom is -0.393 e. The summed E-state index contributed by atoms with van der Waals surface area (Å²) < 4.78 is 27.0. The number of nitrogens with two attached hydrogens (primary N) is 1. The van der Waals surface area contributed by atoms with Gasteiger partial charge in [0.05, 0.1) is 11.0 Å². The molecule has 1 fully saturated rings. The Labute approximate surface area is 113 Å². The lowest BCUT2D eigenvalue weighted by molar-refractivity contribution is 0.120. The van der Waals surface area contributed by atoms with Crippen molar-refractivity contribution in [1.29, 1.82) is 0 Å². The van der Waals surface area contributed by atoms with Crippen molar-refractivity contribution < 1.29 is 13.5 Å². The van der Waals surface area contributed by atoms with Gasteiger partial charge in [-0.1, -0.05) is 0 Å². The van der Waals surface area contributed by atoms with Gasteiger partial charge in [-0.05, 0) is 49.9 Å². The second-order valence-corrected chi connectivity index (χ2v) is 6.51. The number of sulfonamides is 1.